The van der Waals surface area contributed by atoms with Gasteiger partial charge in [0, 0.05) is 20.0 Å². The number of benzene rings is 1. The van der Waals surface area contributed by atoms with Crippen LogP contribution in [0.2, 0.25) is 0 Å². The number of nitrogens with two attached hydrogens (primary N) is 1. The smallest absolute Gasteiger partial charge is 0.192 e. The second kappa shape index (κ2) is 6.14. The van der Waals surface area contributed by atoms with Crippen molar-refractivity contribution in [1.82, 2.24) is 9.88 Å². The van der Waals surface area contributed by atoms with Gasteiger partial charge < -0.3 is 15.3 Å². The Labute approximate surface area is 113 Å². The van der Waals surface area contributed by atoms with Crippen LogP contribution in [-0.2, 0) is 6.54 Å². The number of nitrogens with zero attached hydrogens (tertiary/aromatic N) is 2. The lowest BCUT2D eigenvalue weighted by Crippen LogP contribution is -2.30. The maximum Gasteiger partial charge on any atom is 0.192 e. The summed E-state index contributed by atoms with van der Waals surface area (Å²) in [5, 5.41) is 9.72. The Bertz CT molecular complexity index is 538. The predicted molar refractivity (Wildman–Crippen MR) is 74.8 cm³/mol. The van der Waals surface area contributed by atoms with Crippen LogP contribution >= 0.6 is 0 Å². The van der Waals surface area contributed by atoms with Gasteiger partial charge in [0.25, 0.3) is 0 Å². The van der Waals surface area contributed by atoms with Crippen LogP contribution in [0.15, 0.2) is 22.6 Å². The van der Waals surface area contributed by atoms with Crippen molar-refractivity contribution in [3.63, 3.8) is 0 Å². The first-order chi connectivity index (χ1) is 9.08. The van der Waals surface area contributed by atoms with Gasteiger partial charge in [-0.25, -0.2) is 4.98 Å². The molecule has 1 atom stereocenters. The first kappa shape index (κ1) is 14.0. The molecular weight excluding hydrogens is 242 g/mol. The van der Waals surface area contributed by atoms with Crippen molar-refractivity contribution in [2.45, 2.75) is 26.0 Å². The third kappa shape index (κ3) is 3.76. The van der Waals surface area contributed by atoms with Crippen molar-refractivity contribution in [2.75, 3.05) is 20.1 Å². The Morgan fingerprint density at radius 2 is 2.26 bits per heavy atom. The van der Waals surface area contributed by atoms with Crippen LogP contribution in [0.25, 0.3) is 11.1 Å². The first-order valence-corrected chi connectivity index (χ1v) is 6.51. The molecule has 1 aromatic heterocycles. The maximum absolute atomic E-state index is 9.72. The molecule has 104 valence electrons. The van der Waals surface area contributed by atoms with Gasteiger partial charge in [0.05, 0.1) is 6.10 Å². The largest absolute Gasteiger partial charge is 0.441 e. The highest BCUT2D eigenvalue weighted by Gasteiger charge is 2.09. The van der Waals surface area contributed by atoms with Crippen LogP contribution in [0.5, 0.6) is 0 Å². The first-order valence-electron chi connectivity index (χ1n) is 6.51. The Balaban J connectivity index is 2.00. The molecule has 0 amide bonds. The van der Waals surface area contributed by atoms with Gasteiger partial charge in [-0.1, -0.05) is 6.07 Å². The van der Waals surface area contributed by atoms with E-state index in [1.54, 1.807) is 0 Å². The summed E-state index contributed by atoms with van der Waals surface area (Å²) in [6.45, 7) is 3.74. The highest BCUT2D eigenvalue weighted by atomic mass is 16.3. The van der Waals surface area contributed by atoms with Gasteiger partial charge in [0.2, 0.25) is 0 Å². The Morgan fingerprint density at radius 3 is 3.00 bits per heavy atom. The molecule has 0 saturated carbocycles. The lowest BCUT2D eigenvalue weighted by Gasteiger charge is -2.20. The highest BCUT2D eigenvalue weighted by molar-refractivity contribution is 5.73. The van der Waals surface area contributed by atoms with E-state index in [0.29, 0.717) is 25.4 Å². The van der Waals surface area contributed by atoms with Crippen molar-refractivity contribution in [3.8, 4) is 0 Å². The molecule has 0 saturated heterocycles. The third-order valence-corrected chi connectivity index (χ3v) is 3.03. The van der Waals surface area contributed by atoms with Gasteiger partial charge in [0.15, 0.2) is 11.5 Å². The minimum absolute atomic E-state index is 0.368. The lowest BCUT2D eigenvalue weighted by molar-refractivity contribution is 0.117. The van der Waals surface area contributed by atoms with Crippen LogP contribution < -0.4 is 5.73 Å². The van der Waals surface area contributed by atoms with E-state index in [2.05, 4.69) is 9.88 Å². The fourth-order valence-corrected chi connectivity index (χ4v) is 2.21. The number of rotatable bonds is 6. The van der Waals surface area contributed by atoms with Gasteiger partial charge in [-0.05, 0) is 37.7 Å². The summed E-state index contributed by atoms with van der Waals surface area (Å²) in [7, 11) is 1.98. The van der Waals surface area contributed by atoms with Crippen molar-refractivity contribution < 1.29 is 9.52 Å². The molecule has 0 radical (unpaired) electrons. The summed E-state index contributed by atoms with van der Waals surface area (Å²) in [5.74, 6) is 0.680. The van der Waals surface area contributed by atoms with E-state index in [-0.39, 0.29) is 6.10 Å². The van der Waals surface area contributed by atoms with Crippen LogP contribution in [-0.4, -0.2) is 41.2 Å². The number of aliphatic hydroxyl groups excluding tert-OH is 1. The number of likely N-dealkylation sites (N-methyl/N-ethyl adjacent to an activating group) is 1. The molecule has 1 aromatic carbocycles. The molecule has 1 unspecified atom stereocenters. The molecular formula is C14H21N3O2. The molecule has 3 N–H and O–H groups in total. The molecule has 2 rings (SSSR count). The summed E-state index contributed by atoms with van der Waals surface area (Å²) < 4.78 is 5.45. The lowest BCUT2D eigenvalue weighted by atomic mass is 10.2. The molecule has 5 nitrogen and oxygen atoms in total. The topological polar surface area (TPSA) is 75.5 Å². The summed E-state index contributed by atoms with van der Waals surface area (Å²) in [6.07, 6.45) is 0.263. The summed E-state index contributed by atoms with van der Waals surface area (Å²) in [5.41, 5.74) is 8.27. The molecule has 0 bridgehead atoms. The number of hydrogen-bond acceptors (Lipinski definition) is 5. The molecule has 19 heavy (non-hydrogen) atoms. The summed E-state index contributed by atoms with van der Waals surface area (Å²) in [6, 6.07) is 5.99. The van der Waals surface area contributed by atoms with E-state index in [4.69, 9.17) is 10.2 Å². The summed E-state index contributed by atoms with van der Waals surface area (Å²) in [4.78, 5) is 6.40. The average molecular weight is 263 g/mol. The number of aliphatic hydroxyl groups is 1. The average Bonchev–Trinajstić information content (AvgIpc) is 2.68. The molecule has 5 heteroatoms. The van der Waals surface area contributed by atoms with Gasteiger partial charge in [0.1, 0.15) is 5.52 Å². The number of oxazole rings is 1. The molecule has 0 aliphatic rings. The minimum atomic E-state index is -0.368. The quantitative estimate of drug-likeness (QED) is 0.821. The normalized spacial score (nSPS) is 13.3. The zero-order valence-electron chi connectivity index (χ0n) is 11.5. The van der Waals surface area contributed by atoms with E-state index in [1.165, 1.54) is 0 Å². The summed E-state index contributed by atoms with van der Waals surface area (Å²) >= 11 is 0. The standard InChI is InChI=1S/C14H21N3O2/c1-10-16-13-7-11(3-4-14(13)19-10)8-17(2)9-12(18)5-6-15/h3-4,7,12,18H,5-6,8-9,15H2,1-2H3. The number of hydrogen-bond donors (Lipinski definition) is 2. The van der Waals surface area contributed by atoms with Crippen LogP contribution in [0.1, 0.15) is 17.9 Å². The number of fused-ring (bicyclic) bond motifs is 1. The highest BCUT2D eigenvalue weighted by Crippen LogP contribution is 2.17. The fourth-order valence-electron chi connectivity index (χ4n) is 2.21. The SMILES string of the molecule is Cc1nc2cc(CN(C)CC(O)CCN)ccc2o1. The van der Waals surface area contributed by atoms with Gasteiger partial charge in [-0.2, -0.15) is 0 Å². The molecule has 0 fully saturated rings. The minimum Gasteiger partial charge on any atom is -0.441 e. The number of aromatic nitrogens is 1. The molecule has 1 heterocycles. The maximum atomic E-state index is 9.72. The molecule has 2 aromatic rings. The van der Waals surface area contributed by atoms with Crippen LogP contribution in [0, 0.1) is 6.92 Å². The van der Waals surface area contributed by atoms with Gasteiger partial charge >= 0.3 is 0 Å². The molecule has 0 aliphatic carbocycles. The van der Waals surface area contributed by atoms with Gasteiger partial charge in [-0.3, -0.25) is 4.90 Å². The Morgan fingerprint density at radius 1 is 1.47 bits per heavy atom. The van der Waals surface area contributed by atoms with Crippen LogP contribution in [0.4, 0.5) is 0 Å². The second-order valence-corrected chi connectivity index (χ2v) is 4.96. The Hall–Kier alpha value is -1.43. The number of aryl methyl sites for hydroxylation is 1. The predicted octanol–water partition coefficient (Wildman–Crippen LogP) is 1.28. The molecule has 0 aliphatic heterocycles. The van der Waals surface area contributed by atoms with Crippen molar-refractivity contribution in [3.05, 3.63) is 29.7 Å². The van der Waals surface area contributed by atoms with E-state index < -0.39 is 0 Å². The van der Waals surface area contributed by atoms with Crippen LogP contribution in [0.3, 0.4) is 0 Å². The zero-order chi connectivity index (χ0) is 13.8. The van der Waals surface area contributed by atoms with E-state index in [9.17, 15) is 5.11 Å². The Kier molecular flexibility index (Phi) is 4.52. The van der Waals surface area contributed by atoms with E-state index in [1.807, 2.05) is 32.2 Å². The molecule has 0 spiro atoms. The fraction of sp³-hybridized carbons (Fsp3) is 0.500. The monoisotopic (exact) mass is 263 g/mol. The van der Waals surface area contributed by atoms with Crippen molar-refractivity contribution >= 4 is 11.1 Å². The van der Waals surface area contributed by atoms with E-state index >= 15 is 0 Å². The van der Waals surface area contributed by atoms with Crippen molar-refractivity contribution in [1.29, 1.82) is 0 Å². The zero-order valence-corrected chi connectivity index (χ0v) is 11.5. The van der Waals surface area contributed by atoms with Gasteiger partial charge in [-0.15, -0.1) is 0 Å². The third-order valence-electron chi connectivity index (χ3n) is 3.03. The van der Waals surface area contributed by atoms with Crippen molar-refractivity contribution in [2.24, 2.45) is 5.73 Å². The van der Waals surface area contributed by atoms with E-state index in [0.717, 1.165) is 23.2 Å². The second-order valence-electron chi connectivity index (χ2n) is 4.96.